The van der Waals surface area contributed by atoms with Crippen molar-refractivity contribution >= 4 is 17.6 Å². The molecule has 2 bridgehead atoms. The number of ether oxygens (including phenoxy) is 1. The van der Waals surface area contributed by atoms with Gasteiger partial charge in [0.2, 0.25) is 0 Å². The van der Waals surface area contributed by atoms with Gasteiger partial charge in [-0.2, -0.15) is 0 Å². The zero-order chi connectivity index (χ0) is 14.1. The van der Waals surface area contributed by atoms with Gasteiger partial charge >= 0.3 is 5.97 Å². The van der Waals surface area contributed by atoms with E-state index >= 15 is 0 Å². The van der Waals surface area contributed by atoms with Gasteiger partial charge in [0, 0.05) is 17.1 Å². The predicted molar refractivity (Wildman–Crippen MR) is 78.8 cm³/mol. The Morgan fingerprint density at radius 1 is 1.30 bits per heavy atom. The molecular weight excluding hydrogens is 274 g/mol. The van der Waals surface area contributed by atoms with Gasteiger partial charge in [-0.25, -0.2) is 0 Å². The van der Waals surface area contributed by atoms with Crippen LogP contribution >= 0.6 is 11.6 Å². The average molecular weight is 294 g/mol. The molecule has 0 amide bonds. The van der Waals surface area contributed by atoms with Crippen molar-refractivity contribution in [2.75, 3.05) is 7.05 Å². The normalized spacial score (nSPS) is 29.4. The minimum atomic E-state index is -0.160. The third-order valence-corrected chi connectivity index (χ3v) is 5.01. The van der Waals surface area contributed by atoms with Crippen LogP contribution < -0.4 is 0 Å². The van der Waals surface area contributed by atoms with Crippen molar-refractivity contribution in [1.29, 1.82) is 0 Å². The van der Waals surface area contributed by atoms with Crippen LogP contribution in [-0.4, -0.2) is 36.1 Å². The molecule has 0 N–H and O–H groups in total. The van der Waals surface area contributed by atoms with Gasteiger partial charge in [-0.3, -0.25) is 4.79 Å². The van der Waals surface area contributed by atoms with E-state index in [0.29, 0.717) is 17.1 Å². The molecule has 0 saturated carbocycles. The molecule has 108 valence electrons. The van der Waals surface area contributed by atoms with Crippen molar-refractivity contribution in [2.45, 2.75) is 50.3 Å². The van der Waals surface area contributed by atoms with Crippen LogP contribution in [0.3, 0.4) is 0 Å². The summed E-state index contributed by atoms with van der Waals surface area (Å²) in [6.07, 6.45) is 4.77. The fourth-order valence-corrected chi connectivity index (χ4v) is 3.69. The van der Waals surface area contributed by atoms with Crippen LogP contribution in [0.2, 0.25) is 5.02 Å². The Balaban J connectivity index is 1.56. The number of rotatable bonds is 3. The average Bonchev–Trinajstić information content (AvgIpc) is 2.63. The fourth-order valence-electron chi connectivity index (χ4n) is 3.48. The molecule has 2 fully saturated rings. The Hall–Kier alpha value is -1.06. The maximum atomic E-state index is 12.1. The number of carbonyl (C=O) groups is 1. The van der Waals surface area contributed by atoms with Crippen molar-refractivity contribution < 1.29 is 9.53 Å². The van der Waals surface area contributed by atoms with Gasteiger partial charge in [-0.1, -0.05) is 29.8 Å². The number of fused-ring (bicyclic) bond motifs is 2. The molecule has 0 aromatic heterocycles. The summed E-state index contributed by atoms with van der Waals surface area (Å²) < 4.78 is 5.66. The van der Waals surface area contributed by atoms with Crippen LogP contribution in [0.15, 0.2) is 24.3 Å². The van der Waals surface area contributed by atoms with Crippen LogP contribution in [0, 0.1) is 0 Å². The van der Waals surface area contributed by atoms with Crippen molar-refractivity contribution in [2.24, 2.45) is 0 Å². The Morgan fingerprint density at radius 2 is 1.95 bits per heavy atom. The van der Waals surface area contributed by atoms with Crippen molar-refractivity contribution in [1.82, 2.24) is 4.90 Å². The second-order valence-electron chi connectivity index (χ2n) is 5.90. The van der Waals surface area contributed by atoms with E-state index in [1.54, 1.807) is 6.07 Å². The van der Waals surface area contributed by atoms with Crippen LogP contribution in [0.1, 0.15) is 31.2 Å². The predicted octanol–water partition coefficient (Wildman–Crippen LogP) is 3.05. The first-order chi connectivity index (χ1) is 9.63. The lowest BCUT2D eigenvalue weighted by atomic mass is 10.0. The summed E-state index contributed by atoms with van der Waals surface area (Å²) in [5.41, 5.74) is 0.843. The van der Waals surface area contributed by atoms with Gasteiger partial charge in [0.1, 0.15) is 6.10 Å². The molecule has 2 aliphatic rings. The highest BCUT2D eigenvalue weighted by Crippen LogP contribution is 2.35. The van der Waals surface area contributed by atoms with Crippen molar-refractivity contribution in [3.05, 3.63) is 34.9 Å². The maximum absolute atomic E-state index is 12.1. The Labute approximate surface area is 124 Å². The molecule has 2 aliphatic heterocycles. The number of hydrogen-bond acceptors (Lipinski definition) is 3. The highest BCUT2D eigenvalue weighted by Gasteiger charge is 2.39. The highest BCUT2D eigenvalue weighted by molar-refractivity contribution is 6.31. The minimum absolute atomic E-state index is 0.0821. The first-order valence-electron chi connectivity index (χ1n) is 7.28. The number of halogens is 1. The number of nitrogens with zero attached hydrogens (tertiary/aromatic N) is 1. The molecule has 3 rings (SSSR count). The molecule has 1 aromatic rings. The standard InChI is InChI=1S/C16H20ClNO2/c1-18-12-6-7-13(18)10-14(9-12)20-16(19)8-11-4-2-3-5-15(11)17/h2-5,12-14H,6-10H2,1H3. The Kier molecular flexibility index (Phi) is 3.99. The third-order valence-electron chi connectivity index (χ3n) is 4.65. The molecule has 0 aliphatic carbocycles. The van der Waals surface area contributed by atoms with Crippen LogP contribution in [0.5, 0.6) is 0 Å². The second-order valence-corrected chi connectivity index (χ2v) is 6.31. The zero-order valence-corrected chi connectivity index (χ0v) is 12.5. The van der Waals surface area contributed by atoms with Crippen LogP contribution in [0.25, 0.3) is 0 Å². The van der Waals surface area contributed by atoms with E-state index in [2.05, 4.69) is 11.9 Å². The zero-order valence-electron chi connectivity index (χ0n) is 11.7. The van der Waals surface area contributed by atoms with E-state index in [4.69, 9.17) is 16.3 Å². The second kappa shape index (κ2) is 5.74. The molecule has 0 radical (unpaired) electrons. The van der Waals surface area contributed by atoms with Crippen LogP contribution in [-0.2, 0) is 16.0 Å². The van der Waals surface area contributed by atoms with Gasteiger partial charge in [0.05, 0.1) is 6.42 Å². The number of piperidine rings is 1. The Bertz CT molecular complexity index is 491. The van der Waals surface area contributed by atoms with Crippen LogP contribution in [0.4, 0.5) is 0 Å². The van der Waals surface area contributed by atoms with Gasteiger partial charge in [0.15, 0.2) is 0 Å². The molecule has 2 heterocycles. The monoisotopic (exact) mass is 293 g/mol. The lowest BCUT2D eigenvalue weighted by Gasteiger charge is -2.35. The molecule has 3 nitrogen and oxygen atoms in total. The van der Waals surface area contributed by atoms with E-state index in [1.807, 2.05) is 18.2 Å². The topological polar surface area (TPSA) is 29.5 Å². The molecule has 20 heavy (non-hydrogen) atoms. The molecule has 1 aromatic carbocycles. The van der Waals surface area contributed by atoms with Gasteiger partial charge in [-0.05, 0) is 44.4 Å². The smallest absolute Gasteiger partial charge is 0.310 e. The largest absolute Gasteiger partial charge is 0.462 e. The summed E-state index contributed by atoms with van der Waals surface area (Å²) in [5, 5.41) is 0.632. The van der Waals surface area contributed by atoms with E-state index < -0.39 is 0 Å². The lowest BCUT2D eigenvalue weighted by Crippen LogP contribution is -2.43. The summed E-state index contributed by atoms with van der Waals surface area (Å²) >= 11 is 6.07. The van der Waals surface area contributed by atoms with E-state index in [-0.39, 0.29) is 18.5 Å². The maximum Gasteiger partial charge on any atom is 0.310 e. The minimum Gasteiger partial charge on any atom is -0.462 e. The van der Waals surface area contributed by atoms with Gasteiger partial charge < -0.3 is 9.64 Å². The molecule has 2 unspecified atom stereocenters. The van der Waals surface area contributed by atoms with E-state index in [0.717, 1.165) is 18.4 Å². The Morgan fingerprint density at radius 3 is 2.60 bits per heavy atom. The molecular formula is C16H20ClNO2. The summed E-state index contributed by atoms with van der Waals surface area (Å²) in [5.74, 6) is -0.160. The third kappa shape index (κ3) is 2.84. The number of esters is 1. The summed E-state index contributed by atoms with van der Waals surface area (Å²) in [6, 6.07) is 8.62. The first-order valence-corrected chi connectivity index (χ1v) is 7.66. The summed E-state index contributed by atoms with van der Waals surface area (Å²) in [6.45, 7) is 0. The number of carbonyl (C=O) groups excluding carboxylic acids is 1. The van der Waals surface area contributed by atoms with E-state index in [9.17, 15) is 4.79 Å². The first kappa shape index (κ1) is 13.9. The van der Waals surface area contributed by atoms with E-state index in [1.165, 1.54) is 12.8 Å². The molecule has 4 heteroatoms. The number of benzene rings is 1. The molecule has 2 saturated heterocycles. The van der Waals surface area contributed by atoms with Crippen molar-refractivity contribution in [3.63, 3.8) is 0 Å². The summed E-state index contributed by atoms with van der Waals surface area (Å²) in [4.78, 5) is 14.5. The molecule has 2 atom stereocenters. The highest BCUT2D eigenvalue weighted by atomic mass is 35.5. The SMILES string of the molecule is CN1C2CCC1CC(OC(=O)Cc1ccccc1Cl)C2. The lowest BCUT2D eigenvalue weighted by molar-refractivity contribution is -0.151. The summed E-state index contributed by atoms with van der Waals surface area (Å²) in [7, 11) is 2.18. The van der Waals surface area contributed by atoms with Crippen molar-refractivity contribution in [3.8, 4) is 0 Å². The molecule has 0 spiro atoms. The van der Waals surface area contributed by atoms with Gasteiger partial charge in [0.25, 0.3) is 0 Å². The fraction of sp³-hybridized carbons (Fsp3) is 0.562. The number of hydrogen-bond donors (Lipinski definition) is 0. The van der Waals surface area contributed by atoms with Gasteiger partial charge in [-0.15, -0.1) is 0 Å². The quantitative estimate of drug-likeness (QED) is 0.802.